The minimum atomic E-state index is -0.163. The van der Waals surface area contributed by atoms with Crippen LogP contribution < -0.4 is 0 Å². The number of rotatable bonds is 8. The fraction of sp³-hybridized carbons (Fsp3) is 0.692. The van der Waals surface area contributed by atoms with Gasteiger partial charge in [0.05, 0.1) is 18.7 Å². The Morgan fingerprint density at radius 1 is 1.50 bits per heavy atom. The summed E-state index contributed by atoms with van der Waals surface area (Å²) in [7, 11) is 1.71. The SMILES string of the molecule is CCCC(OC)c1nc(CCC(=O)OCC)cs1. The summed E-state index contributed by atoms with van der Waals surface area (Å²) in [6.07, 6.45) is 3.15. The fourth-order valence-corrected chi connectivity index (χ4v) is 2.62. The first-order valence-electron chi connectivity index (χ1n) is 6.33. The van der Waals surface area contributed by atoms with Gasteiger partial charge in [-0.25, -0.2) is 4.98 Å². The van der Waals surface area contributed by atoms with Gasteiger partial charge in [-0.1, -0.05) is 13.3 Å². The molecule has 0 amide bonds. The Labute approximate surface area is 112 Å². The van der Waals surface area contributed by atoms with Crippen LogP contribution in [0.25, 0.3) is 0 Å². The third kappa shape index (κ3) is 4.74. The van der Waals surface area contributed by atoms with Gasteiger partial charge in [0.2, 0.25) is 0 Å². The van der Waals surface area contributed by atoms with Gasteiger partial charge < -0.3 is 9.47 Å². The van der Waals surface area contributed by atoms with Crippen LogP contribution in [0.2, 0.25) is 0 Å². The first kappa shape index (κ1) is 15.1. The van der Waals surface area contributed by atoms with Crippen molar-refractivity contribution in [3.63, 3.8) is 0 Å². The van der Waals surface area contributed by atoms with Crippen LogP contribution in [0, 0.1) is 0 Å². The zero-order valence-corrected chi connectivity index (χ0v) is 12.1. The summed E-state index contributed by atoms with van der Waals surface area (Å²) in [6, 6.07) is 0. The third-order valence-electron chi connectivity index (χ3n) is 2.57. The predicted octanol–water partition coefficient (Wildman–Crippen LogP) is 3.13. The van der Waals surface area contributed by atoms with E-state index in [1.54, 1.807) is 18.4 Å². The molecule has 1 aromatic heterocycles. The van der Waals surface area contributed by atoms with E-state index in [9.17, 15) is 4.79 Å². The number of aromatic nitrogens is 1. The Morgan fingerprint density at radius 3 is 2.89 bits per heavy atom. The minimum Gasteiger partial charge on any atom is -0.466 e. The highest BCUT2D eigenvalue weighted by Crippen LogP contribution is 2.25. The molecule has 18 heavy (non-hydrogen) atoms. The molecule has 0 bridgehead atoms. The maximum absolute atomic E-state index is 11.2. The molecule has 0 saturated heterocycles. The van der Waals surface area contributed by atoms with Crippen molar-refractivity contribution < 1.29 is 14.3 Å². The second-order valence-corrected chi connectivity index (χ2v) is 4.88. The molecule has 0 aromatic carbocycles. The van der Waals surface area contributed by atoms with Gasteiger partial charge in [-0.05, 0) is 13.3 Å². The molecular formula is C13H21NO3S. The lowest BCUT2D eigenvalue weighted by Gasteiger charge is -2.10. The number of hydrogen-bond donors (Lipinski definition) is 0. The number of methoxy groups -OCH3 is 1. The summed E-state index contributed by atoms with van der Waals surface area (Å²) < 4.78 is 10.3. The lowest BCUT2D eigenvalue weighted by Crippen LogP contribution is -2.05. The normalized spacial score (nSPS) is 12.4. The molecule has 0 fully saturated rings. The smallest absolute Gasteiger partial charge is 0.306 e. The molecule has 0 spiro atoms. The molecule has 0 N–H and O–H groups in total. The Balaban J connectivity index is 2.49. The standard InChI is InChI=1S/C13H21NO3S/c1-4-6-11(16-3)13-14-10(9-18-13)7-8-12(15)17-5-2/h9,11H,4-8H2,1-3H3. The Hall–Kier alpha value is -0.940. The lowest BCUT2D eigenvalue weighted by molar-refractivity contribution is -0.143. The second-order valence-electron chi connectivity index (χ2n) is 4.00. The zero-order chi connectivity index (χ0) is 13.4. The molecule has 4 nitrogen and oxygen atoms in total. The topological polar surface area (TPSA) is 48.4 Å². The number of esters is 1. The van der Waals surface area contributed by atoms with Crippen molar-refractivity contribution in [3.05, 3.63) is 16.1 Å². The summed E-state index contributed by atoms with van der Waals surface area (Å²) in [4.78, 5) is 15.8. The van der Waals surface area contributed by atoms with Crippen LogP contribution >= 0.6 is 11.3 Å². The van der Waals surface area contributed by atoms with Crippen molar-refractivity contribution in [3.8, 4) is 0 Å². The number of nitrogens with zero attached hydrogens (tertiary/aromatic N) is 1. The van der Waals surface area contributed by atoms with Crippen molar-refractivity contribution in [1.29, 1.82) is 0 Å². The molecule has 1 aromatic rings. The Bertz CT molecular complexity index is 365. The number of carbonyl (C=O) groups is 1. The van der Waals surface area contributed by atoms with Crippen molar-refractivity contribution in [2.75, 3.05) is 13.7 Å². The molecule has 0 saturated carbocycles. The van der Waals surface area contributed by atoms with E-state index in [1.807, 2.05) is 12.3 Å². The predicted molar refractivity (Wildman–Crippen MR) is 71.7 cm³/mol. The van der Waals surface area contributed by atoms with Gasteiger partial charge >= 0.3 is 5.97 Å². The van der Waals surface area contributed by atoms with Gasteiger partial charge in [0.25, 0.3) is 0 Å². The Morgan fingerprint density at radius 2 is 2.28 bits per heavy atom. The van der Waals surface area contributed by atoms with Crippen LogP contribution in [-0.4, -0.2) is 24.7 Å². The van der Waals surface area contributed by atoms with Gasteiger partial charge in [-0.15, -0.1) is 11.3 Å². The molecular weight excluding hydrogens is 250 g/mol. The van der Waals surface area contributed by atoms with Crippen molar-refractivity contribution in [2.45, 2.75) is 45.6 Å². The maximum Gasteiger partial charge on any atom is 0.306 e. The van der Waals surface area contributed by atoms with Gasteiger partial charge in [0.15, 0.2) is 0 Å². The van der Waals surface area contributed by atoms with E-state index in [2.05, 4.69) is 11.9 Å². The highest BCUT2D eigenvalue weighted by atomic mass is 32.1. The molecule has 1 atom stereocenters. The van der Waals surface area contributed by atoms with E-state index in [4.69, 9.17) is 9.47 Å². The lowest BCUT2D eigenvalue weighted by atomic mass is 10.2. The maximum atomic E-state index is 11.2. The van der Waals surface area contributed by atoms with E-state index >= 15 is 0 Å². The zero-order valence-electron chi connectivity index (χ0n) is 11.3. The molecule has 0 aliphatic carbocycles. The molecule has 1 unspecified atom stereocenters. The quantitative estimate of drug-likeness (QED) is 0.682. The molecule has 102 valence electrons. The van der Waals surface area contributed by atoms with Crippen LogP contribution in [-0.2, 0) is 20.7 Å². The number of ether oxygens (including phenoxy) is 2. The van der Waals surface area contributed by atoms with Gasteiger partial charge in [0.1, 0.15) is 11.1 Å². The van der Waals surface area contributed by atoms with E-state index in [1.165, 1.54) is 0 Å². The van der Waals surface area contributed by atoms with Gasteiger partial charge in [-0.2, -0.15) is 0 Å². The van der Waals surface area contributed by atoms with Crippen LogP contribution in [0.4, 0.5) is 0 Å². The first-order chi connectivity index (χ1) is 8.71. The van der Waals surface area contributed by atoms with Gasteiger partial charge in [0, 0.05) is 18.9 Å². The van der Waals surface area contributed by atoms with Gasteiger partial charge in [-0.3, -0.25) is 4.79 Å². The van der Waals surface area contributed by atoms with E-state index < -0.39 is 0 Å². The van der Waals surface area contributed by atoms with Crippen LogP contribution in [0.1, 0.15) is 49.9 Å². The molecule has 0 aliphatic heterocycles. The summed E-state index contributed by atoms with van der Waals surface area (Å²) >= 11 is 1.60. The summed E-state index contributed by atoms with van der Waals surface area (Å²) in [5, 5.41) is 2.99. The van der Waals surface area contributed by atoms with Crippen LogP contribution in [0.5, 0.6) is 0 Å². The van der Waals surface area contributed by atoms with Crippen LogP contribution in [0.3, 0.4) is 0 Å². The minimum absolute atomic E-state index is 0.0799. The average molecular weight is 271 g/mol. The Kier molecular flexibility index (Phi) is 6.90. The monoisotopic (exact) mass is 271 g/mol. The molecule has 1 heterocycles. The van der Waals surface area contributed by atoms with Crippen molar-refractivity contribution in [1.82, 2.24) is 4.98 Å². The summed E-state index contributed by atoms with van der Waals surface area (Å²) in [5.41, 5.74) is 0.946. The van der Waals surface area contributed by atoms with E-state index in [0.29, 0.717) is 19.4 Å². The molecule has 0 radical (unpaired) electrons. The number of hydrogen-bond acceptors (Lipinski definition) is 5. The highest BCUT2D eigenvalue weighted by molar-refractivity contribution is 7.09. The largest absolute Gasteiger partial charge is 0.466 e. The number of thiazole rings is 1. The van der Waals surface area contributed by atoms with E-state index in [0.717, 1.165) is 23.5 Å². The first-order valence-corrected chi connectivity index (χ1v) is 7.21. The fourth-order valence-electron chi connectivity index (χ4n) is 1.65. The van der Waals surface area contributed by atoms with E-state index in [-0.39, 0.29) is 12.1 Å². The number of carbonyl (C=O) groups excluding carboxylic acids is 1. The number of aryl methyl sites for hydroxylation is 1. The third-order valence-corrected chi connectivity index (χ3v) is 3.56. The summed E-state index contributed by atoms with van der Waals surface area (Å²) in [5.74, 6) is -0.163. The average Bonchev–Trinajstić information content (AvgIpc) is 2.82. The van der Waals surface area contributed by atoms with Crippen molar-refractivity contribution in [2.24, 2.45) is 0 Å². The second kappa shape index (κ2) is 8.21. The molecule has 0 aliphatic rings. The highest BCUT2D eigenvalue weighted by Gasteiger charge is 2.14. The summed E-state index contributed by atoms with van der Waals surface area (Å²) in [6.45, 7) is 4.37. The molecule has 1 rings (SSSR count). The van der Waals surface area contributed by atoms with Crippen molar-refractivity contribution >= 4 is 17.3 Å². The molecule has 5 heteroatoms. The van der Waals surface area contributed by atoms with Crippen LogP contribution in [0.15, 0.2) is 5.38 Å².